The molecule has 0 saturated carbocycles. The third-order valence-corrected chi connectivity index (χ3v) is 5.26. The number of ether oxygens (including phenoxy) is 2. The van der Waals surface area contributed by atoms with Crippen molar-refractivity contribution in [2.45, 2.75) is 32.2 Å². The van der Waals surface area contributed by atoms with E-state index in [1.54, 1.807) is 10.9 Å². The molecule has 1 fully saturated rings. The van der Waals surface area contributed by atoms with E-state index in [1.807, 2.05) is 24.3 Å². The molecule has 30 heavy (non-hydrogen) atoms. The molecule has 1 aromatic carbocycles. The molecular formula is C22H32N4O4. The summed E-state index contributed by atoms with van der Waals surface area (Å²) in [5.74, 6) is 0.627. The van der Waals surface area contributed by atoms with Gasteiger partial charge in [-0.3, -0.25) is 4.79 Å². The molecule has 8 nitrogen and oxygen atoms in total. The summed E-state index contributed by atoms with van der Waals surface area (Å²) in [4.78, 5) is 14.7. The molecule has 1 unspecified atom stereocenters. The number of carbonyl (C=O) groups excluding carboxylic acids is 1. The highest BCUT2D eigenvalue weighted by atomic mass is 16.5. The number of benzene rings is 1. The van der Waals surface area contributed by atoms with Crippen molar-refractivity contribution in [2.75, 3.05) is 46.1 Å². The maximum absolute atomic E-state index is 12.1. The zero-order valence-corrected chi connectivity index (χ0v) is 17.6. The Morgan fingerprint density at radius 3 is 2.83 bits per heavy atom. The van der Waals surface area contributed by atoms with E-state index in [-0.39, 0.29) is 19.1 Å². The van der Waals surface area contributed by atoms with Crippen LogP contribution >= 0.6 is 0 Å². The van der Waals surface area contributed by atoms with Gasteiger partial charge in [-0.25, -0.2) is 4.68 Å². The normalized spacial score (nSPS) is 16.7. The van der Waals surface area contributed by atoms with Gasteiger partial charge in [0.25, 0.3) is 5.91 Å². The molecule has 2 heterocycles. The zero-order valence-electron chi connectivity index (χ0n) is 17.6. The average molecular weight is 417 g/mol. The average Bonchev–Trinajstić information content (AvgIpc) is 3.41. The molecule has 1 atom stereocenters. The summed E-state index contributed by atoms with van der Waals surface area (Å²) in [5.41, 5.74) is 1.34. The summed E-state index contributed by atoms with van der Waals surface area (Å²) in [7, 11) is 0. The third-order valence-electron chi connectivity index (χ3n) is 5.26. The molecule has 1 saturated heterocycles. The highest BCUT2D eigenvalue weighted by molar-refractivity contribution is 5.93. The van der Waals surface area contributed by atoms with E-state index in [1.165, 1.54) is 25.6 Å². The van der Waals surface area contributed by atoms with Crippen molar-refractivity contribution in [1.29, 1.82) is 0 Å². The summed E-state index contributed by atoms with van der Waals surface area (Å²) in [6.45, 7) is 6.28. The molecule has 0 bridgehead atoms. The van der Waals surface area contributed by atoms with E-state index < -0.39 is 0 Å². The van der Waals surface area contributed by atoms with Crippen LogP contribution in [0.15, 0.2) is 36.7 Å². The minimum Gasteiger partial charge on any atom is -0.494 e. The summed E-state index contributed by atoms with van der Waals surface area (Å²) in [5, 5.41) is 15.7. The van der Waals surface area contributed by atoms with Crippen LogP contribution < -0.4 is 10.1 Å². The fourth-order valence-electron chi connectivity index (χ4n) is 3.56. The SMILES string of the molecule is CC1CCCN1CCCOc1ccc(-n2cc(C(=O)NCCOCCO)cn2)cc1. The Morgan fingerprint density at radius 2 is 2.10 bits per heavy atom. The predicted octanol–water partition coefficient (Wildman–Crippen LogP) is 1.86. The largest absolute Gasteiger partial charge is 0.494 e. The molecule has 0 spiro atoms. The van der Waals surface area contributed by atoms with E-state index in [0.717, 1.165) is 24.4 Å². The molecule has 2 aromatic rings. The zero-order chi connectivity index (χ0) is 21.2. The van der Waals surface area contributed by atoms with Gasteiger partial charge in [0.1, 0.15) is 5.75 Å². The molecule has 1 aliphatic heterocycles. The number of aromatic nitrogens is 2. The van der Waals surface area contributed by atoms with Gasteiger partial charge in [-0.1, -0.05) is 0 Å². The topological polar surface area (TPSA) is 88.9 Å². The monoisotopic (exact) mass is 416 g/mol. The molecule has 1 aromatic heterocycles. The van der Waals surface area contributed by atoms with E-state index >= 15 is 0 Å². The van der Waals surface area contributed by atoms with Crippen LogP contribution in [-0.2, 0) is 4.74 Å². The van der Waals surface area contributed by atoms with Gasteiger partial charge in [0, 0.05) is 25.3 Å². The summed E-state index contributed by atoms with van der Waals surface area (Å²) in [6, 6.07) is 8.40. The minimum absolute atomic E-state index is 0.0254. The van der Waals surface area contributed by atoms with Gasteiger partial charge in [-0.15, -0.1) is 0 Å². The highest BCUT2D eigenvalue weighted by Gasteiger charge is 2.19. The molecular weight excluding hydrogens is 384 g/mol. The lowest BCUT2D eigenvalue weighted by Gasteiger charge is -2.20. The van der Waals surface area contributed by atoms with Crippen molar-refractivity contribution in [1.82, 2.24) is 20.0 Å². The van der Waals surface area contributed by atoms with Gasteiger partial charge in [-0.2, -0.15) is 5.10 Å². The first-order chi connectivity index (χ1) is 14.7. The fourth-order valence-corrected chi connectivity index (χ4v) is 3.56. The third kappa shape index (κ3) is 6.55. The van der Waals surface area contributed by atoms with Gasteiger partial charge in [0.2, 0.25) is 0 Å². The number of rotatable bonds is 12. The summed E-state index contributed by atoms with van der Waals surface area (Å²) >= 11 is 0. The smallest absolute Gasteiger partial charge is 0.254 e. The second-order valence-electron chi connectivity index (χ2n) is 7.49. The van der Waals surface area contributed by atoms with Crippen molar-refractivity contribution in [3.05, 3.63) is 42.2 Å². The van der Waals surface area contributed by atoms with Gasteiger partial charge in [0.05, 0.1) is 43.9 Å². The number of aliphatic hydroxyl groups excluding tert-OH is 1. The second-order valence-corrected chi connectivity index (χ2v) is 7.49. The van der Waals surface area contributed by atoms with Gasteiger partial charge in [0.15, 0.2) is 0 Å². The van der Waals surface area contributed by atoms with Crippen LogP contribution in [0.1, 0.15) is 36.5 Å². The van der Waals surface area contributed by atoms with Crippen LogP contribution in [0.2, 0.25) is 0 Å². The Kier molecular flexibility index (Phi) is 8.67. The Morgan fingerprint density at radius 1 is 1.27 bits per heavy atom. The number of amides is 1. The minimum atomic E-state index is -0.207. The van der Waals surface area contributed by atoms with E-state index in [4.69, 9.17) is 14.6 Å². The molecule has 2 N–H and O–H groups in total. The summed E-state index contributed by atoms with van der Waals surface area (Å²) < 4.78 is 12.6. The molecule has 164 valence electrons. The van der Waals surface area contributed by atoms with Crippen LogP contribution in [0.5, 0.6) is 5.75 Å². The first kappa shape index (κ1) is 22.3. The number of likely N-dealkylation sites (tertiary alicyclic amines) is 1. The molecule has 0 aliphatic carbocycles. The van der Waals surface area contributed by atoms with Crippen LogP contribution in [-0.4, -0.2) is 77.8 Å². The molecule has 3 rings (SSSR count). The highest BCUT2D eigenvalue weighted by Crippen LogP contribution is 2.18. The first-order valence-corrected chi connectivity index (χ1v) is 10.7. The Balaban J connectivity index is 1.41. The fraction of sp³-hybridized carbons (Fsp3) is 0.545. The lowest BCUT2D eigenvalue weighted by molar-refractivity contribution is 0.0838. The standard InChI is InChI=1S/C22H32N4O4/c1-18-4-2-10-25(18)11-3-13-30-21-7-5-20(6-8-21)26-17-19(16-24-26)22(28)23-9-14-29-15-12-27/h5-8,16-18,27H,2-4,9-15H2,1H3,(H,23,28). The number of hydrogen-bond donors (Lipinski definition) is 2. The Bertz CT molecular complexity index is 778. The van der Waals surface area contributed by atoms with E-state index in [0.29, 0.717) is 31.4 Å². The van der Waals surface area contributed by atoms with E-state index in [9.17, 15) is 4.79 Å². The lowest BCUT2D eigenvalue weighted by atomic mass is 10.2. The lowest BCUT2D eigenvalue weighted by Crippen LogP contribution is -2.28. The number of nitrogens with one attached hydrogen (secondary N) is 1. The van der Waals surface area contributed by atoms with Gasteiger partial charge in [-0.05, 0) is 57.0 Å². The number of carbonyl (C=O) groups is 1. The Hall–Kier alpha value is -2.42. The van der Waals surface area contributed by atoms with Crippen molar-refractivity contribution in [2.24, 2.45) is 0 Å². The van der Waals surface area contributed by atoms with Crippen LogP contribution in [0, 0.1) is 0 Å². The van der Waals surface area contributed by atoms with Crippen LogP contribution in [0.3, 0.4) is 0 Å². The maximum Gasteiger partial charge on any atom is 0.254 e. The van der Waals surface area contributed by atoms with Crippen molar-refractivity contribution in [3.8, 4) is 11.4 Å². The predicted molar refractivity (Wildman–Crippen MR) is 114 cm³/mol. The second kappa shape index (κ2) is 11.7. The molecule has 1 amide bonds. The van der Waals surface area contributed by atoms with E-state index in [2.05, 4.69) is 22.2 Å². The van der Waals surface area contributed by atoms with Gasteiger partial charge < -0.3 is 24.8 Å². The van der Waals surface area contributed by atoms with Crippen LogP contribution in [0.25, 0.3) is 5.69 Å². The molecule has 0 radical (unpaired) electrons. The number of aliphatic hydroxyl groups is 1. The first-order valence-electron chi connectivity index (χ1n) is 10.7. The van der Waals surface area contributed by atoms with Crippen LogP contribution in [0.4, 0.5) is 0 Å². The van der Waals surface area contributed by atoms with Crippen molar-refractivity contribution >= 4 is 5.91 Å². The van der Waals surface area contributed by atoms with Crippen molar-refractivity contribution in [3.63, 3.8) is 0 Å². The number of nitrogens with zero attached hydrogens (tertiary/aromatic N) is 3. The molecule has 8 heteroatoms. The Labute approximate surface area is 177 Å². The summed E-state index contributed by atoms with van der Waals surface area (Å²) in [6.07, 6.45) is 6.86. The van der Waals surface area contributed by atoms with Crippen molar-refractivity contribution < 1.29 is 19.4 Å². The quantitative estimate of drug-likeness (QED) is 0.514. The number of hydrogen-bond acceptors (Lipinski definition) is 6. The van der Waals surface area contributed by atoms with Gasteiger partial charge >= 0.3 is 0 Å². The maximum atomic E-state index is 12.1. The molecule has 1 aliphatic rings.